The molecule has 3 aromatic rings. The van der Waals surface area contributed by atoms with Crippen LogP contribution in [0.5, 0.6) is 5.75 Å². The zero-order valence-corrected chi connectivity index (χ0v) is 17.8. The summed E-state index contributed by atoms with van der Waals surface area (Å²) in [7, 11) is 0. The highest BCUT2D eigenvalue weighted by Crippen LogP contribution is 2.23. The summed E-state index contributed by atoms with van der Waals surface area (Å²) in [4.78, 5) is 11.6. The number of piperidine rings is 1. The lowest BCUT2D eigenvalue weighted by Crippen LogP contribution is -2.38. The summed E-state index contributed by atoms with van der Waals surface area (Å²) in [6.45, 7) is 7.93. The first-order valence-electron chi connectivity index (χ1n) is 10.8. The average molecular weight is 403 g/mol. The number of rotatable bonds is 7. The third kappa shape index (κ3) is 5.16. The normalized spacial score (nSPS) is 15.1. The molecule has 2 heterocycles. The van der Waals surface area contributed by atoms with Crippen molar-refractivity contribution in [2.45, 2.75) is 39.3 Å². The molecule has 4 rings (SSSR count). The van der Waals surface area contributed by atoms with E-state index in [4.69, 9.17) is 4.74 Å². The van der Waals surface area contributed by atoms with Crippen molar-refractivity contribution in [2.24, 2.45) is 0 Å². The molecule has 2 aromatic carbocycles. The molecule has 0 unspecified atom stereocenters. The Hall–Kier alpha value is -2.92. The first kappa shape index (κ1) is 20.4. The van der Waals surface area contributed by atoms with Crippen molar-refractivity contribution in [2.75, 3.05) is 25.0 Å². The summed E-state index contributed by atoms with van der Waals surface area (Å²) in [5.41, 5.74) is 4.69. The van der Waals surface area contributed by atoms with E-state index in [-0.39, 0.29) is 0 Å². The second kappa shape index (κ2) is 9.72. The Bertz CT molecular complexity index is 935. The molecule has 0 spiro atoms. The van der Waals surface area contributed by atoms with E-state index in [1.165, 1.54) is 11.1 Å². The number of nitrogens with zero attached hydrogens (tertiary/aromatic N) is 3. The summed E-state index contributed by atoms with van der Waals surface area (Å²) < 4.78 is 5.74. The van der Waals surface area contributed by atoms with Crippen LogP contribution in [0.1, 0.15) is 30.9 Å². The molecule has 0 amide bonds. The molecule has 1 aliphatic rings. The third-order valence-electron chi connectivity index (χ3n) is 5.64. The van der Waals surface area contributed by atoms with E-state index in [9.17, 15) is 0 Å². The van der Waals surface area contributed by atoms with Crippen molar-refractivity contribution < 1.29 is 4.74 Å². The van der Waals surface area contributed by atoms with Gasteiger partial charge < -0.3 is 10.1 Å². The van der Waals surface area contributed by atoms with Crippen LogP contribution in [0.15, 0.2) is 60.9 Å². The van der Waals surface area contributed by atoms with Gasteiger partial charge in [-0.15, -0.1) is 0 Å². The standard InChI is InChI=1S/C25H30N4O/c1-3-30-24-15-20(10-9-19(24)2)18-29-13-11-23(12-14-29)28-25-26-16-22(17-27-25)21-7-5-4-6-8-21/h4-10,15-17,23H,3,11-14,18H2,1-2H3,(H,26,27,28). The highest BCUT2D eigenvalue weighted by molar-refractivity contribution is 5.61. The SMILES string of the molecule is CCOc1cc(CN2CCC(Nc3ncc(-c4ccccc4)cn3)CC2)ccc1C. The number of anilines is 1. The molecule has 0 saturated carbocycles. The van der Waals surface area contributed by atoms with Crippen molar-refractivity contribution in [1.29, 1.82) is 0 Å². The Morgan fingerprint density at radius 2 is 1.73 bits per heavy atom. The molecule has 5 nitrogen and oxygen atoms in total. The largest absolute Gasteiger partial charge is 0.494 e. The molecule has 30 heavy (non-hydrogen) atoms. The van der Waals surface area contributed by atoms with E-state index < -0.39 is 0 Å². The average Bonchev–Trinajstić information content (AvgIpc) is 2.79. The summed E-state index contributed by atoms with van der Waals surface area (Å²) >= 11 is 0. The molecular weight excluding hydrogens is 372 g/mol. The van der Waals surface area contributed by atoms with Crippen LogP contribution in [0.25, 0.3) is 11.1 Å². The van der Waals surface area contributed by atoms with Crippen molar-refractivity contribution in [1.82, 2.24) is 14.9 Å². The van der Waals surface area contributed by atoms with Crippen LogP contribution >= 0.6 is 0 Å². The van der Waals surface area contributed by atoms with E-state index in [0.717, 1.165) is 49.4 Å². The molecule has 5 heteroatoms. The number of aryl methyl sites for hydroxylation is 1. The molecule has 1 saturated heterocycles. The van der Waals surface area contributed by atoms with Crippen molar-refractivity contribution >= 4 is 5.95 Å². The first-order valence-corrected chi connectivity index (χ1v) is 10.8. The fraction of sp³-hybridized carbons (Fsp3) is 0.360. The molecule has 156 valence electrons. The predicted octanol–water partition coefficient (Wildman–Crippen LogP) is 4.93. The maximum absolute atomic E-state index is 5.74. The molecule has 0 radical (unpaired) electrons. The van der Waals surface area contributed by atoms with Gasteiger partial charge in [-0.3, -0.25) is 4.90 Å². The van der Waals surface area contributed by atoms with E-state index in [0.29, 0.717) is 18.6 Å². The number of benzene rings is 2. The Labute approximate surface area is 179 Å². The number of nitrogens with one attached hydrogen (secondary N) is 1. The second-order valence-electron chi connectivity index (χ2n) is 7.89. The molecule has 1 aromatic heterocycles. The smallest absolute Gasteiger partial charge is 0.222 e. The van der Waals surface area contributed by atoms with Gasteiger partial charge in [-0.25, -0.2) is 9.97 Å². The summed E-state index contributed by atoms with van der Waals surface area (Å²) in [6.07, 6.45) is 5.97. The number of ether oxygens (including phenoxy) is 1. The lowest BCUT2D eigenvalue weighted by Gasteiger charge is -2.32. The Morgan fingerprint density at radius 3 is 2.43 bits per heavy atom. The monoisotopic (exact) mass is 402 g/mol. The number of hydrogen-bond donors (Lipinski definition) is 1. The first-order chi connectivity index (χ1) is 14.7. The molecule has 1 N–H and O–H groups in total. The Morgan fingerprint density at radius 1 is 1.00 bits per heavy atom. The van der Waals surface area contributed by atoms with Crippen LogP contribution in [0.2, 0.25) is 0 Å². The molecular formula is C25H30N4O. The fourth-order valence-corrected chi connectivity index (χ4v) is 3.91. The zero-order chi connectivity index (χ0) is 20.8. The van der Waals surface area contributed by atoms with Gasteiger partial charge in [-0.05, 0) is 49.4 Å². The van der Waals surface area contributed by atoms with Crippen molar-refractivity contribution in [3.05, 3.63) is 72.1 Å². The number of likely N-dealkylation sites (tertiary alicyclic amines) is 1. The number of aromatic nitrogens is 2. The van der Waals surface area contributed by atoms with Gasteiger partial charge in [0, 0.05) is 43.6 Å². The van der Waals surface area contributed by atoms with Gasteiger partial charge in [-0.1, -0.05) is 42.5 Å². The maximum atomic E-state index is 5.74. The molecule has 0 atom stereocenters. The topological polar surface area (TPSA) is 50.3 Å². The summed E-state index contributed by atoms with van der Waals surface area (Å²) in [5, 5.41) is 3.51. The molecule has 0 bridgehead atoms. The zero-order valence-electron chi connectivity index (χ0n) is 17.8. The fourth-order valence-electron chi connectivity index (χ4n) is 3.91. The Kier molecular flexibility index (Phi) is 6.60. The van der Waals surface area contributed by atoms with Crippen LogP contribution in [0.4, 0.5) is 5.95 Å². The third-order valence-corrected chi connectivity index (χ3v) is 5.64. The lowest BCUT2D eigenvalue weighted by atomic mass is 10.0. The number of hydrogen-bond acceptors (Lipinski definition) is 5. The van der Waals surface area contributed by atoms with Gasteiger partial charge in [-0.2, -0.15) is 0 Å². The van der Waals surface area contributed by atoms with Crippen LogP contribution < -0.4 is 10.1 Å². The molecule has 1 fully saturated rings. The van der Waals surface area contributed by atoms with Crippen LogP contribution in [-0.2, 0) is 6.54 Å². The van der Waals surface area contributed by atoms with Crippen molar-refractivity contribution in [3.8, 4) is 16.9 Å². The van der Waals surface area contributed by atoms with Gasteiger partial charge in [0.1, 0.15) is 5.75 Å². The van der Waals surface area contributed by atoms with E-state index in [1.54, 1.807) is 0 Å². The second-order valence-corrected chi connectivity index (χ2v) is 7.89. The van der Waals surface area contributed by atoms with E-state index in [1.807, 2.05) is 37.5 Å². The van der Waals surface area contributed by atoms with Gasteiger partial charge in [0.15, 0.2) is 0 Å². The minimum Gasteiger partial charge on any atom is -0.494 e. The van der Waals surface area contributed by atoms with Crippen LogP contribution in [-0.4, -0.2) is 40.6 Å². The van der Waals surface area contributed by atoms with E-state index in [2.05, 4.69) is 57.4 Å². The van der Waals surface area contributed by atoms with Gasteiger partial charge >= 0.3 is 0 Å². The van der Waals surface area contributed by atoms with Crippen LogP contribution in [0, 0.1) is 6.92 Å². The summed E-state index contributed by atoms with van der Waals surface area (Å²) in [6, 6.07) is 17.2. The Balaban J connectivity index is 1.28. The minimum atomic E-state index is 0.417. The highest BCUT2D eigenvalue weighted by atomic mass is 16.5. The van der Waals surface area contributed by atoms with Gasteiger partial charge in [0.2, 0.25) is 5.95 Å². The molecule has 0 aliphatic carbocycles. The van der Waals surface area contributed by atoms with Crippen LogP contribution in [0.3, 0.4) is 0 Å². The summed E-state index contributed by atoms with van der Waals surface area (Å²) in [5.74, 6) is 1.72. The predicted molar refractivity (Wildman–Crippen MR) is 122 cm³/mol. The van der Waals surface area contributed by atoms with Gasteiger partial charge in [0.25, 0.3) is 0 Å². The highest BCUT2D eigenvalue weighted by Gasteiger charge is 2.20. The lowest BCUT2D eigenvalue weighted by molar-refractivity contribution is 0.210. The minimum absolute atomic E-state index is 0.417. The quantitative estimate of drug-likeness (QED) is 0.607. The van der Waals surface area contributed by atoms with E-state index >= 15 is 0 Å². The van der Waals surface area contributed by atoms with Gasteiger partial charge in [0.05, 0.1) is 6.61 Å². The molecule has 1 aliphatic heterocycles. The maximum Gasteiger partial charge on any atom is 0.222 e. The van der Waals surface area contributed by atoms with Crippen molar-refractivity contribution in [3.63, 3.8) is 0 Å².